The molecule has 0 spiro atoms. The van der Waals surface area contributed by atoms with Gasteiger partial charge in [-0.1, -0.05) is 39.0 Å². The zero-order chi connectivity index (χ0) is 12.7. The highest BCUT2D eigenvalue weighted by Crippen LogP contribution is 2.36. The summed E-state index contributed by atoms with van der Waals surface area (Å²) in [5, 5.41) is 3.76. The van der Waals surface area contributed by atoms with Crippen LogP contribution in [0.5, 0.6) is 0 Å². The van der Waals surface area contributed by atoms with E-state index in [1.807, 2.05) is 0 Å². The summed E-state index contributed by atoms with van der Waals surface area (Å²) < 4.78 is 5.56. The van der Waals surface area contributed by atoms with E-state index in [4.69, 9.17) is 4.74 Å². The maximum absolute atomic E-state index is 5.56. The highest BCUT2D eigenvalue weighted by molar-refractivity contribution is 4.89. The molecule has 0 aromatic rings. The summed E-state index contributed by atoms with van der Waals surface area (Å²) in [7, 11) is 0. The first-order valence-electron chi connectivity index (χ1n) is 8.16. The third-order valence-corrected chi connectivity index (χ3v) is 4.71. The minimum Gasteiger partial charge on any atom is -0.381 e. The Morgan fingerprint density at radius 2 is 1.78 bits per heavy atom. The van der Waals surface area contributed by atoms with Gasteiger partial charge in [0.15, 0.2) is 0 Å². The van der Waals surface area contributed by atoms with E-state index >= 15 is 0 Å². The lowest BCUT2D eigenvalue weighted by molar-refractivity contribution is 0.00894. The van der Waals surface area contributed by atoms with Crippen molar-refractivity contribution in [1.82, 2.24) is 5.32 Å². The van der Waals surface area contributed by atoms with Gasteiger partial charge in [0.05, 0.1) is 0 Å². The van der Waals surface area contributed by atoms with Crippen LogP contribution in [-0.4, -0.2) is 25.8 Å². The van der Waals surface area contributed by atoms with Gasteiger partial charge in [-0.3, -0.25) is 0 Å². The SMILES string of the molecule is CCCCCCCC1(CNC2CC2)CCOCC1. The van der Waals surface area contributed by atoms with E-state index in [0.29, 0.717) is 5.41 Å². The Morgan fingerprint density at radius 1 is 1.06 bits per heavy atom. The fourth-order valence-corrected chi connectivity index (χ4v) is 3.07. The molecule has 1 N–H and O–H groups in total. The van der Waals surface area contributed by atoms with Gasteiger partial charge in [-0.15, -0.1) is 0 Å². The summed E-state index contributed by atoms with van der Waals surface area (Å²) >= 11 is 0. The minimum absolute atomic E-state index is 0.563. The second-order valence-electron chi connectivity index (χ2n) is 6.43. The molecule has 1 heterocycles. The number of hydrogen-bond donors (Lipinski definition) is 1. The van der Waals surface area contributed by atoms with Crippen LogP contribution >= 0.6 is 0 Å². The maximum atomic E-state index is 5.56. The van der Waals surface area contributed by atoms with Gasteiger partial charge in [0.2, 0.25) is 0 Å². The minimum atomic E-state index is 0.563. The van der Waals surface area contributed by atoms with E-state index in [9.17, 15) is 0 Å². The summed E-state index contributed by atoms with van der Waals surface area (Å²) in [4.78, 5) is 0. The molecule has 0 amide bonds. The van der Waals surface area contributed by atoms with Gasteiger partial charge < -0.3 is 10.1 Å². The molecular weight excluding hydrogens is 222 g/mol. The molecule has 0 radical (unpaired) electrons. The molecule has 18 heavy (non-hydrogen) atoms. The van der Waals surface area contributed by atoms with Crippen molar-refractivity contribution in [3.05, 3.63) is 0 Å². The molecule has 1 saturated heterocycles. The molecule has 1 aliphatic heterocycles. The second kappa shape index (κ2) is 7.49. The van der Waals surface area contributed by atoms with Crippen LogP contribution in [-0.2, 0) is 4.74 Å². The molecule has 0 aromatic heterocycles. The number of rotatable bonds is 9. The van der Waals surface area contributed by atoms with Crippen LogP contribution in [0, 0.1) is 5.41 Å². The van der Waals surface area contributed by atoms with Crippen LogP contribution in [0.1, 0.15) is 71.1 Å². The lowest BCUT2D eigenvalue weighted by Crippen LogP contribution is -2.40. The molecule has 1 saturated carbocycles. The topological polar surface area (TPSA) is 21.3 Å². The molecule has 106 valence electrons. The molecular formula is C16H31NO. The van der Waals surface area contributed by atoms with Gasteiger partial charge in [0.25, 0.3) is 0 Å². The lowest BCUT2D eigenvalue weighted by Gasteiger charge is -2.38. The third-order valence-electron chi connectivity index (χ3n) is 4.71. The first-order chi connectivity index (χ1) is 8.85. The molecule has 0 unspecified atom stereocenters. The van der Waals surface area contributed by atoms with E-state index in [1.54, 1.807) is 0 Å². The monoisotopic (exact) mass is 253 g/mol. The summed E-state index contributed by atoms with van der Waals surface area (Å²) in [6.45, 7) is 5.51. The Labute approximate surface area is 113 Å². The fraction of sp³-hybridized carbons (Fsp3) is 1.00. The summed E-state index contributed by atoms with van der Waals surface area (Å²) in [5.41, 5.74) is 0.563. The van der Waals surface area contributed by atoms with Gasteiger partial charge in [-0.05, 0) is 37.5 Å². The number of hydrogen-bond acceptors (Lipinski definition) is 2. The van der Waals surface area contributed by atoms with Crippen LogP contribution in [0.15, 0.2) is 0 Å². The van der Waals surface area contributed by atoms with Crippen molar-refractivity contribution in [2.24, 2.45) is 5.41 Å². The van der Waals surface area contributed by atoms with Crippen molar-refractivity contribution in [1.29, 1.82) is 0 Å². The van der Waals surface area contributed by atoms with Crippen molar-refractivity contribution in [3.8, 4) is 0 Å². The third kappa shape index (κ3) is 4.89. The molecule has 0 bridgehead atoms. The van der Waals surface area contributed by atoms with Crippen molar-refractivity contribution >= 4 is 0 Å². The normalized spacial score (nSPS) is 23.2. The Kier molecular flexibility index (Phi) is 5.97. The molecule has 1 aliphatic carbocycles. The number of nitrogens with one attached hydrogen (secondary N) is 1. The van der Waals surface area contributed by atoms with E-state index in [0.717, 1.165) is 19.3 Å². The molecule has 2 fully saturated rings. The quantitative estimate of drug-likeness (QED) is 0.629. The zero-order valence-electron chi connectivity index (χ0n) is 12.2. The lowest BCUT2D eigenvalue weighted by atomic mass is 9.75. The van der Waals surface area contributed by atoms with Crippen molar-refractivity contribution in [3.63, 3.8) is 0 Å². The van der Waals surface area contributed by atoms with Crippen LogP contribution in [0.4, 0.5) is 0 Å². The van der Waals surface area contributed by atoms with E-state index in [2.05, 4.69) is 12.2 Å². The molecule has 2 heteroatoms. The van der Waals surface area contributed by atoms with Gasteiger partial charge in [-0.25, -0.2) is 0 Å². The first-order valence-corrected chi connectivity index (χ1v) is 8.16. The van der Waals surface area contributed by atoms with Crippen molar-refractivity contribution in [2.75, 3.05) is 19.8 Å². The van der Waals surface area contributed by atoms with E-state index in [1.165, 1.54) is 70.8 Å². The molecule has 2 nitrogen and oxygen atoms in total. The first kappa shape index (κ1) is 14.3. The largest absolute Gasteiger partial charge is 0.381 e. The van der Waals surface area contributed by atoms with Crippen molar-refractivity contribution in [2.45, 2.75) is 77.2 Å². The number of unbranched alkanes of at least 4 members (excludes halogenated alkanes) is 4. The highest BCUT2D eigenvalue weighted by atomic mass is 16.5. The fourth-order valence-electron chi connectivity index (χ4n) is 3.07. The molecule has 2 aliphatic rings. The second-order valence-corrected chi connectivity index (χ2v) is 6.43. The van der Waals surface area contributed by atoms with Crippen LogP contribution in [0.2, 0.25) is 0 Å². The smallest absolute Gasteiger partial charge is 0.0471 e. The average molecular weight is 253 g/mol. The summed E-state index contributed by atoms with van der Waals surface area (Å²) in [6.07, 6.45) is 13.8. The Balaban J connectivity index is 1.68. The van der Waals surface area contributed by atoms with Gasteiger partial charge in [-0.2, -0.15) is 0 Å². The Bertz CT molecular complexity index is 219. The predicted octanol–water partition coefficient (Wildman–Crippen LogP) is 3.90. The van der Waals surface area contributed by atoms with Crippen LogP contribution in [0.3, 0.4) is 0 Å². The average Bonchev–Trinajstić information content (AvgIpc) is 3.22. The van der Waals surface area contributed by atoms with Gasteiger partial charge in [0, 0.05) is 25.8 Å². The molecule has 2 rings (SSSR count). The van der Waals surface area contributed by atoms with Crippen LogP contribution in [0.25, 0.3) is 0 Å². The highest BCUT2D eigenvalue weighted by Gasteiger charge is 2.33. The van der Waals surface area contributed by atoms with E-state index < -0.39 is 0 Å². The predicted molar refractivity (Wildman–Crippen MR) is 76.9 cm³/mol. The Morgan fingerprint density at radius 3 is 2.44 bits per heavy atom. The summed E-state index contributed by atoms with van der Waals surface area (Å²) in [5.74, 6) is 0. The van der Waals surface area contributed by atoms with Crippen molar-refractivity contribution < 1.29 is 4.74 Å². The molecule has 0 aromatic carbocycles. The summed E-state index contributed by atoms with van der Waals surface area (Å²) in [6, 6.07) is 0.852. The standard InChI is InChI=1S/C16H31NO/c1-2-3-4-5-6-9-16(10-12-18-13-11-16)14-17-15-7-8-15/h15,17H,2-14H2,1H3. The van der Waals surface area contributed by atoms with E-state index in [-0.39, 0.29) is 0 Å². The Hall–Kier alpha value is -0.0800. The molecule has 0 atom stereocenters. The van der Waals surface area contributed by atoms with Gasteiger partial charge in [0.1, 0.15) is 0 Å². The van der Waals surface area contributed by atoms with Gasteiger partial charge >= 0.3 is 0 Å². The van der Waals surface area contributed by atoms with Crippen LogP contribution < -0.4 is 5.32 Å². The number of ether oxygens (including phenoxy) is 1. The zero-order valence-corrected chi connectivity index (χ0v) is 12.2. The maximum Gasteiger partial charge on any atom is 0.0471 e.